The summed E-state index contributed by atoms with van der Waals surface area (Å²) in [6.07, 6.45) is -0.291. The largest absolute Gasteiger partial charge is 0.573 e. The summed E-state index contributed by atoms with van der Waals surface area (Å²) in [5, 5.41) is 0. The van der Waals surface area contributed by atoms with Gasteiger partial charge in [-0.1, -0.05) is 30.3 Å². The molecule has 0 aliphatic carbocycles. The van der Waals surface area contributed by atoms with Gasteiger partial charge in [-0.05, 0) is 70.5 Å². The Balaban J connectivity index is 1.35. The standard InChI is InChI=1S/C25H25F3N2O3S/c1-34(31,19-11-9-18(10-12-19)32-25(26,27)28)30-16-13-24(14-17-30)21-7-3-2-6-20(21)23(33-24)22-8-4-5-15-29-22/h2-12,15,23,34H,13-14,16-17H2,1H3. The molecule has 1 aromatic heterocycles. The van der Waals surface area contributed by atoms with Gasteiger partial charge in [-0.25, -0.2) is 4.31 Å². The fraction of sp³-hybridized carbons (Fsp3) is 0.320. The van der Waals surface area contributed by atoms with E-state index in [1.54, 1.807) is 12.5 Å². The van der Waals surface area contributed by atoms with Crippen LogP contribution in [0.1, 0.15) is 35.8 Å². The van der Waals surface area contributed by atoms with Crippen molar-refractivity contribution in [3.63, 3.8) is 0 Å². The lowest BCUT2D eigenvalue weighted by atomic mass is 9.84. The Labute approximate surface area is 197 Å². The molecule has 1 spiro atoms. The third-order valence-corrected chi connectivity index (χ3v) is 9.41. The molecule has 2 aromatic carbocycles. The molecule has 0 amide bonds. The van der Waals surface area contributed by atoms with Crippen molar-refractivity contribution in [1.82, 2.24) is 9.29 Å². The van der Waals surface area contributed by atoms with E-state index in [1.807, 2.05) is 34.6 Å². The first-order chi connectivity index (χ1) is 16.2. The van der Waals surface area contributed by atoms with Gasteiger partial charge in [0, 0.05) is 30.4 Å². The number of piperidine rings is 1. The Hall–Kier alpha value is -2.75. The highest BCUT2D eigenvalue weighted by atomic mass is 32.3. The maximum atomic E-state index is 13.7. The van der Waals surface area contributed by atoms with Crippen LogP contribution >= 0.6 is 0 Å². The molecule has 1 fully saturated rings. The first kappa shape index (κ1) is 23.0. The molecule has 3 heterocycles. The van der Waals surface area contributed by atoms with Gasteiger partial charge in [0.25, 0.3) is 0 Å². The maximum Gasteiger partial charge on any atom is 0.573 e. The minimum Gasteiger partial charge on any atom is -0.406 e. The van der Waals surface area contributed by atoms with Gasteiger partial charge in [-0.15, -0.1) is 13.2 Å². The fourth-order valence-corrected chi connectivity index (χ4v) is 6.95. The number of ether oxygens (including phenoxy) is 2. The summed E-state index contributed by atoms with van der Waals surface area (Å²) in [5.41, 5.74) is 2.62. The lowest BCUT2D eigenvalue weighted by Gasteiger charge is -2.43. The first-order valence-corrected chi connectivity index (χ1v) is 13.2. The van der Waals surface area contributed by atoms with Crippen molar-refractivity contribution >= 4 is 10.1 Å². The molecule has 1 unspecified atom stereocenters. The molecule has 2 aliphatic rings. The monoisotopic (exact) mass is 490 g/mol. The Morgan fingerprint density at radius 2 is 1.71 bits per heavy atom. The summed E-state index contributed by atoms with van der Waals surface area (Å²) in [4.78, 5) is 5.00. The van der Waals surface area contributed by atoms with Crippen molar-refractivity contribution in [3.8, 4) is 5.75 Å². The number of rotatable bonds is 4. The Morgan fingerprint density at radius 3 is 2.35 bits per heavy atom. The SMILES string of the molecule is C[SH](=O)(c1ccc(OC(F)(F)F)cc1)N1CCC2(CC1)OC(c1ccccn1)c1ccccc12. The van der Waals surface area contributed by atoms with Crippen LogP contribution in [-0.4, -0.2) is 39.2 Å². The number of nitrogens with zero attached hydrogens (tertiary/aromatic N) is 2. The smallest absolute Gasteiger partial charge is 0.406 e. The molecule has 9 heteroatoms. The van der Waals surface area contributed by atoms with Crippen LogP contribution in [0.25, 0.3) is 0 Å². The second-order valence-electron chi connectivity index (χ2n) is 8.71. The molecule has 0 radical (unpaired) electrons. The highest BCUT2D eigenvalue weighted by Crippen LogP contribution is 2.51. The Bertz CT molecular complexity index is 1210. The van der Waals surface area contributed by atoms with Gasteiger partial charge in [-0.2, -0.15) is 0 Å². The van der Waals surface area contributed by atoms with Crippen LogP contribution in [0.2, 0.25) is 0 Å². The van der Waals surface area contributed by atoms with Crippen molar-refractivity contribution in [2.45, 2.75) is 35.8 Å². The summed E-state index contributed by atoms with van der Waals surface area (Å²) in [7, 11) is -2.98. The predicted molar refractivity (Wildman–Crippen MR) is 123 cm³/mol. The average Bonchev–Trinajstić information content (AvgIpc) is 3.13. The molecule has 1 saturated heterocycles. The van der Waals surface area contributed by atoms with Crippen LogP contribution in [-0.2, 0) is 20.5 Å². The number of aromatic nitrogens is 1. The number of hydrogen-bond donors (Lipinski definition) is 1. The zero-order valence-corrected chi connectivity index (χ0v) is 19.4. The lowest BCUT2D eigenvalue weighted by molar-refractivity contribution is -0.274. The maximum absolute atomic E-state index is 13.7. The molecule has 2 aliphatic heterocycles. The van der Waals surface area contributed by atoms with E-state index in [4.69, 9.17) is 4.74 Å². The summed E-state index contributed by atoms with van der Waals surface area (Å²) in [6, 6.07) is 19.3. The second-order valence-corrected chi connectivity index (χ2v) is 11.5. The number of benzene rings is 2. The van der Waals surface area contributed by atoms with Crippen LogP contribution in [0.15, 0.2) is 77.8 Å². The van der Waals surface area contributed by atoms with Gasteiger partial charge in [0.05, 0.1) is 11.3 Å². The van der Waals surface area contributed by atoms with Crippen molar-refractivity contribution in [2.75, 3.05) is 19.3 Å². The van der Waals surface area contributed by atoms with Gasteiger partial charge in [0.15, 0.2) is 0 Å². The predicted octanol–water partition coefficient (Wildman–Crippen LogP) is 5.01. The number of halogens is 3. The van der Waals surface area contributed by atoms with Gasteiger partial charge < -0.3 is 9.47 Å². The van der Waals surface area contributed by atoms with Gasteiger partial charge in [0.1, 0.15) is 11.9 Å². The number of pyridine rings is 1. The second kappa shape index (κ2) is 8.48. The van der Waals surface area contributed by atoms with Crippen molar-refractivity contribution < 1.29 is 26.9 Å². The Morgan fingerprint density at radius 1 is 1.03 bits per heavy atom. The van der Waals surface area contributed by atoms with E-state index in [9.17, 15) is 17.4 Å². The summed E-state index contributed by atoms with van der Waals surface area (Å²) < 4.78 is 63.6. The van der Waals surface area contributed by atoms with Crippen molar-refractivity contribution in [1.29, 1.82) is 0 Å². The third kappa shape index (κ3) is 4.23. The molecule has 0 N–H and O–H groups in total. The number of thiol groups is 1. The zero-order valence-electron chi connectivity index (χ0n) is 18.5. The van der Waals surface area contributed by atoms with Crippen LogP contribution < -0.4 is 4.74 Å². The first-order valence-electron chi connectivity index (χ1n) is 11.1. The van der Waals surface area contributed by atoms with E-state index in [0.29, 0.717) is 30.8 Å². The van der Waals surface area contributed by atoms with Gasteiger partial charge in [-0.3, -0.25) is 9.19 Å². The van der Waals surface area contributed by atoms with E-state index >= 15 is 0 Å². The minimum atomic E-state index is -4.76. The van der Waals surface area contributed by atoms with E-state index in [-0.39, 0.29) is 11.9 Å². The summed E-state index contributed by atoms with van der Waals surface area (Å²) in [5.74, 6) is -0.328. The fourth-order valence-electron chi connectivity index (χ4n) is 4.96. The molecule has 34 heavy (non-hydrogen) atoms. The molecule has 3 aromatic rings. The molecule has 0 bridgehead atoms. The molecular formula is C25H25F3N2O3S. The molecule has 5 nitrogen and oxygen atoms in total. The van der Waals surface area contributed by atoms with E-state index in [2.05, 4.69) is 21.9 Å². The molecule has 5 rings (SSSR count). The molecule has 180 valence electrons. The van der Waals surface area contributed by atoms with E-state index in [0.717, 1.165) is 16.8 Å². The number of hydrogen-bond acceptors (Lipinski definition) is 4. The molecule has 0 saturated carbocycles. The van der Waals surface area contributed by atoms with E-state index < -0.39 is 22.1 Å². The van der Waals surface area contributed by atoms with Gasteiger partial charge in [0.2, 0.25) is 0 Å². The summed E-state index contributed by atoms with van der Waals surface area (Å²) in [6.45, 7) is 1.08. The lowest BCUT2D eigenvalue weighted by Crippen LogP contribution is -2.47. The highest BCUT2D eigenvalue weighted by molar-refractivity contribution is 8.00. The number of fused-ring (bicyclic) bond motifs is 2. The quantitative estimate of drug-likeness (QED) is 0.523. The highest BCUT2D eigenvalue weighted by Gasteiger charge is 2.48. The third-order valence-electron chi connectivity index (χ3n) is 6.67. The topological polar surface area (TPSA) is 51.7 Å². The van der Waals surface area contributed by atoms with Crippen molar-refractivity contribution in [3.05, 3.63) is 89.7 Å². The Kier molecular flexibility index (Phi) is 5.74. The van der Waals surface area contributed by atoms with Gasteiger partial charge >= 0.3 is 6.36 Å². The van der Waals surface area contributed by atoms with Crippen LogP contribution in [0.3, 0.4) is 0 Å². The number of alkyl halides is 3. The van der Waals surface area contributed by atoms with E-state index in [1.165, 1.54) is 24.3 Å². The molecule has 1 atom stereocenters. The summed E-state index contributed by atoms with van der Waals surface area (Å²) >= 11 is 0. The van der Waals surface area contributed by atoms with Crippen molar-refractivity contribution in [2.24, 2.45) is 0 Å². The minimum absolute atomic E-state index is 0.251. The normalized spacial score (nSPS) is 20.8. The van der Waals surface area contributed by atoms with Crippen LogP contribution in [0.4, 0.5) is 13.2 Å². The average molecular weight is 491 g/mol. The zero-order chi connectivity index (χ0) is 24.0. The molecular weight excluding hydrogens is 465 g/mol. The van der Waals surface area contributed by atoms with Crippen LogP contribution in [0, 0.1) is 0 Å². The van der Waals surface area contributed by atoms with Crippen LogP contribution in [0.5, 0.6) is 5.75 Å².